The van der Waals surface area contributed by atoms with Gasteiger partial charge in [-0.05, 0) is 48.9 Å². The number of hydrogen-bond acceptors (Lipinski definition) is 2. The minimum absolute atomic E-state index is 0.0370. The highest BCUT2D eigenvalue weighted by molar-refractivity contribution is 5.87. The first-order valence-electron chi connectivity index (χ1n) is 8.46. The zero-order valence-corrected chi connectivity index (χ0v) is 14.2. The molecule has 1 aliphatic carbocycles. The number of rotatable bonds is 6. The van der Waals surface area contributed by atoms with E-state index in [0.717, 1.165) is 24.0 Å². The number of amides is 2. The van der Waals surface area contributed by atoms with Gasteiger partial charge in [0.1, 0.15) is 0 Å². The number of carbonyl (C=O) groups is 2. The number of aromatic carboxylic acids is 1. The molecular formula is C20H22N2O3. The smallest absolute Gasteiger partial charge is 0.335 e. The van der Waals surface area contributed by atoms with Crippen molar-refractivity contribution in [3.8, 4) is 0 Å². The molecule has 3 N–H and O–H groups in total. The molecule has 0 saturated heterocycles. The van der Waals surface area contributed by atoms with Crippen molar-refractivity contribution in [3.05, 3.63) is 70.8 Å². The number of aryl methyl sites for hydroxylation is 1. The molecule has 0 radical (unpaired) electrons. The standard InChI is InChI=1S/C20H22N2O3/c1-13-2-6-15(7-3-13)18(16-10-11-16)22-20(25)21-12-14-4-8-17(9-5-14)19(23)24/h2-9,16,18H,10-12H2,1H3,(H,23,24)(H2,21,22,25). The number of benzene rings is 2. The molecule has 3 rings (SSSR count). The van der Waals surface area contributed by atoms with Crippen LogP contribution in [-0.2, 0) is 6.54 Å². The maximum absolute atomic E-state index is 12.3. The maximum Gasteiger partial charge on any atom is 0.335 e. The van der Waals surface area contributed by atoms with Crippen LogP contribution in [-0.4, -0.2) is 17.1 Å². The number of carbonyl (C=O) groups excluding carboxylic acids is 1. The number of urea groups is 1. The second-order valence-electron chi connectivity index (χ2n) is 6.55. The molecule has 130 valence electrons. The lowest BCUT2D eigenvalue weighted by Gasteiger charge is -2.19. The summed E-state index contributed by atoms with van der Waals surface area (Å²) in [7, 11) is 0. The van der Waals surface area contributed by atoms with Gasteiger partial charge in [-0.25, -0.2) is 9.59 Å². The Morgan fingerprint density at radius 2 is 1.72 bits per heavy atom. The fourth-order valence-electron chi connectivity index (χ4n) is 2.82. The first kappa shape index (κ1) is 17.0. The van der Waals surface area contributed by atoms with Gasteiger partial charge >= 0.3 is 12.0 Å². The lowest BCUT2D eigenvalue weighted by atomic mass is 10.0. The van der Waals surface area contributed by atoms with Crippen molar-refractivity contribution in [2.24, 2.45) is 5.92 Å². The van der Waals surface area contributed by atoms with E-state index in [2.05, 4.69) is 34.9 Å². The van der Waals surface area contributed by atoms with Gasteiger partial charge in [0, 0.05) is 6.54 Å². The molecule has 0 aliphatic heterocycles. The predicted molar refractivity (Wildman–Crippen MR) is 95.4 cm³/mol. The van der Waals surface area contributed by atoms with Crippen LogP contribution in [0.4, 0.5) is 4.79 Å². The molecule has 2 amide bonds. The van der Waals surface area contributed by atoms with Gasteiger partial charge in [-0.3, -0.25) is 0 Å². The summed E-state index contributed by atoms with van der Waals surface area (Å²) in [5.41, 5.74) is 3.43. The van der Waals surface area contributed by atoms with Crippen molar-refractivity contribution >= 4 is 12.0 Å². The van der Waals surface area contributed by atoms with E-state index in [0.29, 0.717) is 12.5 Å². The van der Waals surface area contributed by atoms with Crippen LogP contribution in [0.25, 0.3) is 0 Å². The van der Waals surface area contributed by atoms with Crippen LogP contribution in [0.15, 0.2) is 48.5 Å². The van der Waals surface area contributed by atoms with Gasteiger partial charge in [0.2, 0.25) is 0 Å². The Labute approximate surface area is 147 Å². The lowest BCUT2D eigenvalue weighted by Crippen LogP contribution is -2.38. The zero-order valence-electron chi connectivity index (χ0n) is 14.2. The topological polar surface area (TPSA) is 78.4 Å². The van der Waals surface area contributed by atoms with Gasteiger partial charge in [0.05, 0.1) is 11.6 Å². The Kier molecular flexibility index (Phi) is 5.03. The highest BCUT2D eigenvalue weighted by Gasteiger charge is 2.33. The Morgan fingerprint density at radius 1 is 1.08 bits per heavy atom. The van der Waals surface area contributed by atoms with Crippen molar-refractivity contribution in [1.29, 1.82) is 0 Å². The highest BCUT2D eigenvalue weighted by atomic mass is 16.4. The van der Waals surface area contributed by atoms with Gasteiger partial charge in [-0.2, -0.15) is 0 Å². The molecule has 0 spiro atoms. The molecular weight excluding hydrogens is 316 g/mol. The second kappa shape index (κ2) is 7.38. The van der Waals surface area contributed by atoms with Crippen molar-refractivity contribution in [1.82, 2.24) is 10.6 Å². The Hall–Kier alpha value is -2.82. The monoisotopic (exact) mass is 338 g/mol. The molecule has 1 unspecified atom stereocenters. The van der Waals surface area contributed by atoms with Crippen molar-refractivity contribution in [2.75, 3.05) is 0 Å². The molecule has 1 atom stereocenters. The van der Waals surface area contributed by atoms with Crippen LogP contribution in [0.2, 0.25) is 0 Å². The van der Waals surface area contributed by atoms with Crippen LogP contribution in [0, 0.1) is 12.8 Å². The number of carboxylic acids is 1. The molecule has 2 aromatic carbocycles. The molecule has 0 heterocycles. The molecule has 0 bridgehead atoms. The molecule has 5 nitrogen and oxygen atoms in total. The van der Waals surface area contributed by atoms with Crippen LogP contribution < -0.4 is 10.6 Å². The van der Waals surface area contributed by atoms with E-state index in [4.69, 9.17) is 5.11 Å². The Balaban J connectivity index is 1.57. The number of hydrogen-bond donors (Lipinski definition) is 3. The average Bonchev–Trinajstić information content (AvgIpc) is 3.44. The zero-order chi connectivity index (χ0) is 17.8. The molecule has 25 heavy (non-hydrogen) atoms. The molecule has 1 aliphatic rings. The predicted octanol–water partition coefficient (Wildman–Crippen LogP) is 3.64. The highest BCUT2D eigenvalue weighted by Crippen LogP contribution is 2.40. The Bertz CT molecular complexity index is 750. The van der Waals surface area contributed by atoms with Crippen LogP contribution in [0.5, 0.6) is 0 Å². The largest absolute Gasteiger partial charge is 0.478 e. The fourth-order valence-corrected chi connectivity index (χ4v) is 2.82. The third-order valence-electron chi connectivity index (χ3n) is 4.47. The summed E-state index contributed by atoms with van der Waals surface area (Å²) in [4.78, 5) is 23.1. The van der Waals surface area contributed by atoms with Crippen LogP contribution in [0.3, 0.4) is 0 Å². The van der Waals surface area contributed by atoms with E-state index >= 15 is 0 Å². The summed E-state index contributed by atoms with van der Waals surface area (Å²) < 4.78 is 0. The van der Waals surface area contributed by atoms with E-state index in [1.807, 2.05) is 6.92 Å². The first-order valence-corrected chi connectivity index (χ1v) is 8.46. The summed E-state index contributed by atoms with van der Waals surface area (Å²) in [5.74, 6) is -0.453. The van der Waals surface area contributed by atoms with Gasteiger partial charge in [-0.15, -0.1) is 0 Å². The number of nitrogens with one attached hydrogen (secondary N) is 2. The van der Waals surface area contributed by atoms with Crippen LogP contribution in [0.1, 0.15) is 45.9 Å². The van der Waals surface area contributed by atoms with E-state index < -0.39 is 5.97 Å². The molecule has 2 aromatic rings. The van der Waals surface area contributed by atoms with Gasteiger partial charge in [-0.1, -0.05) is 42.0 Å². The summed E-state index contributed by atoms with van der Waals surface area (Å²) in [5, 5.41) is 14.8. The molecule has 5 heteroatoms. The summed E-state index contributed by atoms with van der Waals surface area (Å²) in [6, 6.07) is 14.6. The van der Waals surface area contributed by atoms with E-state index in [-0.39, 0.29) is 17.6 Å². The van der Waals surface area contributed by atoms with E-state index in [1.54, 1.807) is 12.1 Å². The molecule has 1 fully saturated rings. The third kappa shape index (κ3) is 4.59. The summed E-state index contributed by atoms with van der Waals surface area (Å²) in [6.07, 6.45) is 2.27. The van der Waals surface area contributed by atoms with Gasteiger partial charge < -0.3 is 15.7 Å². The average molecular weight is 338 g/mol. The Morgan fingerprint density at radius 3 is 2.28 bits per heavy atom. The normalized spacial score (nSPS) is 14.6. The van der Waals surface area contributed by atoms with E-state index in [9.17, 15) is 9.59 Å². The van der Waals surface area contributed by atoms with Gasteiger partial charge in [0.25, 0.3) is 0 Å². The minimum atomic E-state index is -0.956. The number of carboxylic acid groups (broad SMARTS) is 1. The SMILES string of the molecule is Cc1ccc(C(NC(=O)NCc2ccc(C(=O)O)cc2)C2CC2)cc1. The van der Waals surface area contributed by atoms with E-state index in [1.165, 1.54) is 17.7 Å². The summed E-state index contributed by atoms with van der Waals surface area (Å²) >= 11 is 0. The first-order chi connectivity index (χ1) is 12.0. The molecule has 1 saturated carbocycles. The van der Waals surface area contributed by atoms with Crippen LogP contribution >= 0.6 is 0 Å². The maximum atomic E-state index is 12.3. The molecule has 0 aromatic heterocycles. The van der Waals surface area contributed by atoms with Crippen molar-refractivity contribution in [2.45, 2.75) is 32.4 Å². The van der Waals surface area contributed by atoms with Crippen molar-refractivity contribution < 1.29 is 14.7 Å². The lowest BCUT2D eigenvalue weighted by molar-refractivity contribution is 0.0697. The fraction of sp³-hybridized carbons (Fsp3) is 0.300. The quantitative estimate of drug-likeness (QED) is 0.752. The summed E-state index contributed by atoms with van der Waals surface area (Å²) in [6.45, 7) is 2.41. The minimum Gasteiger partial charge on any atom is -0.478 e. The third-order valence-corrected chi connectivity index (χ3v) is 4.47. The second-order valence-corrected chi connectivity index (χ2v) is 6.55. The van der Waals surface area contributed by atoms with Gasteiger partial charge in [0.15, 0.2) is 0 Å². The van der Waals surface area contributed by atoms with Crippen molar-refractivity contribution in [3.63, 3.8) is 0 Å².